The van der Waals surface area contributed by atoms with Crippen molar-refractivity contribution < 1.29 is 9.90 Å². The topological polar surface area (TPSA) is 63.3 Å². The maximum absolute atomic E-state index is 9.57. The van der Waals surface area contributed by atoms with Crippen LogP contribution in [0.15, 0.2) is 0 Å². The summed E-state index contributed by atoms with van der Waals surface area (Å²) in [7, 11) is 0. The maximum Gasteiger partial charge on any atom is 0.320 e. The summed E-state index contributed by atoms with van der Waals surface area (Å²) in [5, 5.41) is 7.87. The van der Waals surface area contributed by atoms with Gasteiger partial charge in [0.15, 0.2) is 0 Å². The minimum Gasteiger partial charge on any atom is -0.480 e. The van der Waals surface area contributed by atoms with Gasteiger partial charge in [0.25, 0.3) is 0 Å². The molecule has 4 heteroatoms. The Bertz CT molecular complexity index is 64.0. The van der Waals surface area contributed by atoms with Crippen LogP contribution in [0.2, 0.25) is 0 Å². The molecule has 0 rings (SSSR count). The molecule has 7 heavy (non-hydrogen) atoms. The molecule has 3 nitrogen and oxygen atoms in total. The number of carboxylic acid groups (broad SMARTS) is 1. The second kappa shape index (κ2) is 4.59. The normalized spacial score (nSPS) is 11.7. The van der Waals surface area contributed by atoms with Gasteiger partial charge in [-0.25, -0.2) is 0 Å². The molecule has 0 aromatic carbocycles. The van der Waals surface area contributed by atoms with Crippen molar-refractivity contribution in [2.75, 3.05) is 0 Å². The van der Waals surface area contributed by atoms with Crippen molar-refractivity contribution in [3.8, 4) is 0 Å². The van der Waals surface area contributed by atoms with Crippen LogP contribution in [0.5, 0.6) is 0 Å². The third kappa shape index (κ3) is 6.43. The predicted molar refractivity (Wildman–Crippen MR) is 27.0 cm³/mol. The molecule has 0 heterocycles. The van der Waals surface area contributed by atoms with Gasteiger partial charge in [0.05, 0.1) is 0 Å². The smallest absolute Gasteiger partial charge is 0.320 e. The summed E-state index contributed by atoms with van der Waals surface area (Å²) < 4.78 is 0. The van der Waals surface area contributed by atoms with Gasteiger partial charge < -0.3 is 10.8 Å². The summed E-state index contributed by atoms with van der Waals surface area (Å²) in [6, 6.07) is -0.731. The molecule has 0 aliphatic heterocycles. The van der Waals surface area contributed by atoms with Gasteiger partial charge in [-0.1, -0.05) is 0 Å². The molecular formula is C3H7NNaO2. The second-order valence-electron chi connectivity index (χ2n) is 1.13. The Balaban J connectivity index is 0. The van der Waals surface area contributed by atoms with Crippen LogP contribution in [0.4, 0.5) is 0 Å². The molecule has 1 atom stereocenters. The van der Waals surface area contributed by atoms with E-state index in [-0.39, 0.29) is 29.6 Å². The van der Waals surface area contributed by atoms with Crippen LogP contribution < -0.4 is 5.73 Å². The first-order valence-corrected chi connectivity index (χ1v) is 1.63. The Morgan fingerprint density at radius 3 is 2.00 bits per heavy atom. The first-order valence-electron chi connectivity index (χ1n) is 1.63. The van der Waals surface area contributed by atoms with Gasteiger partial charge in [-0.2, -0.15) is 0 Å². The number of rotatable bonds is 1. The summed E-state index contributed by atoms with van der Waals surface area (Å²) in [4.78, 5) is 9.57. The van der Waals surface area contributed by atoms with E-state index < -0.39 is 12.0 Å². The minimum atomic E-state index is -0.963. The molecule has 0 aliphatic rings. The third-order valence-corrected chi connectivity index (χ3v) is 0.390. The molecule has 0 aromatic rings. The van der Waals surface area contributed by atoms with Crippen molar-refractivity contribution in [1.82, 2.24) is 0 Å². The zero-order valence-corrected chi connectivity index (χ0v) is 6.51. The monoisotopic (exact) mass is 112 g/mol. The molecule has 3 N–H and O–H groups in total. The first-order chi connectivity index (χ1) is 2.64. The molecule has 0 amide bonds. The fourth-order valence-electron chi connectivity index (χ4n) is 0. The molecule has 37 valence electrons. The number of hydrogen-bond donors (Lipinski definition) is 2. The van der Waals surface area contributed by atoms with Gasteiger partial charge in [0.1, 0.15) is 6.04 Å². The fourth-order valence-corrected chi connectivity index (χ4v) is 0. The first kappa shape index (κ1) is 10.4. The van der Waals surface area contributed by atoms with Crippen molar-refractivity contribution in [2.45, 2.75) is 13.0 Å². The number of carboxylic acids is 1. The van der Waals surface area contributed by atoms with Crippen LogP contribution in [-0.2, 0) is 4.79 Å². The summed E-state index contributed by atoms with van der Waals surface area (Å²) in [6.07, 6.45) is 0. The van der Waals surface area contributed by atoms with Gasteiger partial charge >= 0.3 is 5.97 Å². The Morgan fingerprint density at radius 2 is 2.00 bits per heavy atom. The molecule has 0 spiro atoms. The average molecular weight is 112 g/mol. The van der Waals surface area contributed by atoms with E-state index in [9.17, 15) is 4.79 Å². The van der Waals surface area contributed by atoms with Crippen molar-refractivity contribution >= 4 is 35.5 Å². The zero-order chi connectivity index (χ0) is 5.15. The quantitative estimate of drug-likeness (QED) is 0.429. The summed E-state index contributed by atoms with van der Waals surface area (Å²) in [5.74, 6) is -0.963. The number of aliphatic carboxylic acids is 1. The molecule has 0 bridgehead atoms. The zero-order valence-electron chi connectivity index (χ0n) is 4.51. The molecule has 0 aromatic heterocycles. The Kier molecular flexibility index (Phi) is 6.82. The number of carbonyl (C=O) groups is 1. The van der Waals surface area contributed by atoms with Gasteiger partial charge in [-0.3, -0.25) is 4.79 Å². The van der Waals surface area contributed by atoms with Gasteiger partial charge in [0, 0.05) is 29.6 Å². The SMILES string of the molecule is C[C@H](N)C(=O)O.[Na]. The van der Waals surface area contributed by atoms with E-state index in [1.807, 2.05) is 0 Å². The molecular weight excluding hydrogens is 105 g/mol. The summed E-state index contributed by atoms with van der Waals surface area (Å²) >= 11 is 0. The number of hydrogen-bond acceptors (Lipinski definition) is 2. The van der Waals surface area contributed by atoms with Gasteiger partial charge in [-0.15, -0.1) is 0 Å². The Hall–Kier alpha value is 0.430. The van der Waals surface area contributed by atoms with Crippen molar-refractivity contribution in [3.05, 3.63) is 0 Å². The van der Waals surface area contributed by atoms with Crippen LogP contribution in [0.25, 0.3) is 0 Å². The van der Waals surface area contributed by atoms with E-state index >= 15 is 0 Å². The van der Waals surface area contributed by atoms with E-state index in [1.165, 1.54) is 6.92 Å². The second-order valence-corrected chi connectivity index (χ2v) is 1.13. The molecule has 1 radical (unpaired) electrons. The Morgan fingerprint density at radius 1 is 1.86 bits per heavy atom. The van der Waals surface area contributed by atoms with Crippen LogP contribution in [0.3, 0.4) is 0 Å². The van der Waals surface area contributed by atoms with Crippen molar-refractivity contribution in [3.63, 3.8) is 0 Å². The van der Waals surface area contributed by atoms with Crippen molar-refractivity contribution in [1.29, 1.82) is 0 Å². The molecule has 0 unspecified atom stereocenters. The van der Waals surface area contributed by atoms with E-state index in [2.05, 4.69) is 0 Å². The largest absolute Gasteiger partial charge is 0.480 e. The van der Waals surface area contributed by atoms with E-state index in [1.54, 1.807) is 0 Å². The van der Waals surface area contributed by atoms with E-state index in [4.69, 9.17) is 10.8 Å². The van der Waals surface area contributed by atoms with Gasteiger partial charge in [-0.05, 0) is 6.92 Å². The van der Waals surface area contributed by atoms with Crippen LogP contribution in [-0.4, -0.2) is 46.7 Å². The summed E-state index contributed by atoms with van der Waals surface area (Å²) in [6.45, 7) is 1.42. The minimum absolute atomic E-state index is 0. The summed E-state index contributed by atoms with van der Waals surface area (Å²) in [5.41, 5.74) is 4.84. The third-order valence-electron chi connectivity index (χ3n) is 0.390. The molecule has 0 saturated carbocycles. The van der Waals surface area contributed by atoms with E-state index in [0.29, 0.717) is 0 Å². The van der Waals surface area contributed by atoms with Crippen LogP contribution in [0, 0.1) is 0 Å². The van der Waals surface area contributed by atoms with Crippen LogP contribution in [0.1, 0.15) is 6.92 Å². The predicted octanol–water partition coefficient (Wildman–Crippen LogP) is -0.963. The van der Waals surface area contributed by atoms with E-state index in [0.717, 1.165) is 0 Å². The molecule has 0 fully saturated rings. The molecule has 0 aliphatic carbocycles. The Labute approximate surface area is 64.2 Å². The standard InChI is InChI=1S/C3H7NO2.Na/c1-2(4)3(5)6;/h2H,4H2,1H3,(H,5,6);/t2-;/m0./s1. The fraction of sp³-hybridized carbons (Fsp3) is 0.667. The number of nitrogens with two attached hydrogens (primary N) is 1. The van der Waals surface area contributed by atoms with Gasteiger partial charge in [0.2, 0.25) is 0 Å². The maximum atomic E-state index is 9.57. The van der Waals surface area contributed by atoms with Crippen LogP contribution >= 0.6 is 0 Å². The van der Waals surface area contributed by atoms with Crippen molar-refractivity contribution in [2.24, 2.45) is 5.73 Å². The average Bonchev–Trinajstić information content (AvgIpc) is 1.36. The molecule has 0 saturated heterocycles.